The fourth-order valence-corrected chi connectivity index (χ4v) is 6.93. The lowest BCUT2D eigenvalue weighted by Gasteiger charge is -2.34. The lowest BCUT2D eigenvalue weighted by atomic mass is 10.0. The van der Waals surface area contributed by atoms with Crippen molar-refractivity contribution in [2.24, 2.45) is 5.92 Å². The molecule has 4 aromatic rings. The predicted molar refractivity (Wildman–Crippen MR) is 197 cm³/mol. The third kappa shape index (κ3) is 9.86. The Hall–Kier alpha value is -4.94. The summed E-state index contributed by atoms with van der Waals surface area (Å²) >= 11 is 6.18. The van der Waals surface area contributed by atoms with E-state index in [2.05, 4.69) is 5.32 Å². The number of hydrogen-bond acceptors (Lipinski definition) is 8. The van der Waals surface area contributed by atoms with Crippen molar-refractivity contribution in [1.82, 2.24) is 10.2 Å². The molecule has 2 amide bonds. The van der Waals surface area contributed by atoms with Crippen molar-refractivity contribution in [3.8, 4) is 23.0 Å². The van der Waals surface area contributed by atoms with Crippen LogP contribution in [0.15, 0.2) is 95.9 Å². The zero-order chi connectivity index (χ0) is 37.1. The summed E-state index contributed by atoms with van der Waals surface area (Å²) in [5, 5.41) is 3.49. The molecule has 0 fully saturated rings. The van der Waals surface area contributed by atoms with Gasteiger partial charge in [0.2, 0.25) is 11.8 Å². The second kappa shape index (κ2) is 17.8. The van der Waals surface area contributed by atoms with Crippen molar-refractivity contribution in [2.45, 2.75) is 37.8 Å². The Bertz CT molecular complexity index is 1890. The standard InChI is InChI=1S/C38H44ClN3O8S/c1-26(2)23-40-38(44)33(20-27-10-8-7-9-11-27)41(24-28-12-14-29(39)15-13-28)37(43)25-42(32-21-30(47-3)16-18-34(32)48-4)51(45,46)31-17-19-35(49-5)36(22-31)50-6/h7-19,21-22,26,33H,20,23-25H2,1-6H3,(H,40,44)/t33-/m1/s1. The molecular formula is C38H44ClN3O8S. The quantitative estimate of drug-likeness (QED) is 0.140. The summed E-state index contributed by atoms with van der Waals surface area (Å²) in [5.41, 5.74) is 1.56. The summed E-state index contributed by atoms with van der Waals surface area (Å²) in [4.78, 5) is 30.1. The van der Waals surface area contributed by atoms with E-state index in [4.69, 9.17) is 30.5 Å². The molecule has 4 rings (SSSR count). The summed E-state index contributed by atoms with van der Waals surface area (Å²) in [7, 11) is 1.18. The van der Waals surface area contributed by atoms with E-state index >= 15 is 0 Å². The van der Waals surface area contributed by atoms with E-state index in [1.165, 1.54) is 57.6 Å². The Morgan fingerprint density at radius 3 is 2.02 bits per heavy atom. The van der Waals surface area contributed by atoms with Crippen LogP contribution in [0.1, 0.15) is 25.0 Å². The molecule has 51 heavy (non-hydrogen) atoms. The molecule has 0 saturated carbocycles. The summed E-state index contributed by atoms with van der Waals surface area (Å²) in [6, 6.07) is 24.0. The number of hydrogen-bond donors (Lipinski definition) is 1. The van der Waals surface area contributed by atoms with E-state index in [-0.39, 0.29) is 46.9 Å². The molecule has 0 unspecified atom stereocenters. The van der Waals surface area contributed by atoms with Gasteiger partial charge >= 0.3 is 0 Å². The van der Waals surface area contributed by atoms with Crippen LogP contribution >= 0.6 is 11.6 Å². The Kier molecular flexibility index (Phi) is 13.6. The van der Waals surface area contributed by atoms with E-state index in [9.17, 15) is 18.0 Å². The average molecular weight is 738 g/mol. The zero-order valence-electron chi connectivity index (χ0n) is 29.6. The molecule has 1 N–H and O–H groups in total. The highest BCUT2D eigenvalue weighted by Crippen LogP contribution is 2.38. The first kappa shape index (κ1) is 38.9. The van der Waals surface area contributed by atoms with Gasteiger partial charge in [0.05, 0.1) is 39.0 Å². The number of methoxy groups -OCH3 is 4. The van der Waals surface area contributed by atoms with Gasteiger partial charge in [-0.15, -0.1) is 0 Å². The highest BCUT2D eigenvalue weighted by atomic mass is 35.5. The van der Waals surface area contributed by atoms with E-state index < -0.39 is 28.5 Å². The fraction of sp³-hybridized carbons (Fsp3) is 0.316. The monoisotopic (exact) mass is 737 g/mol. The van der Waals surface area contributed by atoms with Crippen molar-refractivity contribution in [3.05, 3.63) is 107 Å². The number of sulfonamides is 1. The lowest BCUT2D eigenvalue weighted by Crippen LogP contribution is -2.53. The molecule has 0 aliphatic heterocycles. The van der Waals surface area contributed by atoms with Crippen molar-refractivity contribution >= 4 is 39.1 Å². The number of halogens is 1. The summed E-state index contributed by atoms with van der Waals surface area (Å²) in [5.74, 6) is 0.142. The summed E-state index contributed by atoms with van der Waals surface area (Å²) < 4.78 is 52.1. The van der Waals surface area contributed by atoms with Gasteiger partial charge in [0.25, 0.3) is 10.0 Å². The molecule has 13 heteroatoms. The molecule has 0 saturated heterocycles. The largest absolute Gasteiger partial charge is 0.497 e. The molecular weight excluding hydrogens is 694 g/mol. The van der Waals surface area contributed by atoms with E-state index in [1.807, 2.05) is 44.2 Å². The second-order valence-corrected chi connectivity index (χ2v) is 14.4. The fourth-order valence-electron chi connectivity index (χ4n) is 5.37. The number of carbonyl (C=O) groups excluding carboxylic acids is 2. The Balaban J connectivity index is 1.89. The first-order valence-electron chi connectivity index (χ1n) is 16.2. The van der Waals surface area contributed by atoms with Crippen LogP contribution in [-0.4, -0.2) is 72.7 Å². The number of carbonyl (C=O) groups is 2. The van der Waals surface area contributed by atoms with Crippen molar-refractivity contribution in [2.75, 3.05) is 45.8 Å². The van der Waals surface area contributed by atoms with Crippen molar-refractivity contribution < 1.29 is 37.0 Å². The van der Waals surface area contributed by atoms with Crippen LogP contribution in [0, 0.1) is 5.92 Å². The first-order valence-corrected chi connectivity index (χ1v) is 18.1. The molecule has 0 aliphatic rings. The molecule has 1 atom stereocenters. The van der Waals surface area contributed by atoms with Crippen LogP contribution < -0.4 is 28.6 Å². The molecule has 0 aromatic heterocycles. The molecule has 4 aromatic carbocycles. The van der Waals surface area contributed by atoms with Crippen LogP contribution in [0.3, 0.4) is 0 Å². The molecule has 0 heterocycles. The number of nitrogens with zero attached hydrogens (tertiary/aromatic N) is 2. The minimum atomic E-state index is -4.51. The van der Waals surface area contributed by atoms with Crippen LogP contribution in [0.2, 0.25) is 5.02 Å². The van der Waals surface area contributed by atoms with Crippen LogP contribution in [-0.2, 0) is 32.6 Å². The van der Waals surface area contributed by atoms with Gasteiger partial charge in [0.1, 0.15) is 24.1 Å². The maximum Gasteiger partial charge on any atom is 0.265 e. The number of nitrogens with one attached hydrogen (secondary N) is 1. The van der Waals surface area contributed by atoms with Crippen LogP contribution in [0.4, 0.5) is 5.69 Å². The Labute approximate surface area is 305 Å². The van der Waals surface area contributed by atoms with Gasteiger partial charge in [-0.05, 0) is 53.4 Å². The smallest absolute Gasteiger partial charge is 0.265 e. The number of anilines is 1. The van der Waals surface area contributed by atoms with Gasteiger partial charge < -0.3 is 29.2 Å². The molecule has 0 bridgehead atoms. The van der Waals surface area contributed by atoms with Gasteiger partial charge in [0, 0.05) is 36.7 Å². The van der Waals surface area contributed by atoms with E-state index in [1.54, 1.807) is 36.4 Å². The van der Waals surface area contributed by atoms with Crippen molar-refractivity contribution in [1.29, 1.82) is 0 Å². The first-order chi connectivity index (χ1) is 24.4. The predicted octanol–water partition coefficient (Wildman–Crippen LogP) is 5.98. The zero-order valence-corrected chi connectivity index (χ0v) is 31.2. The molecule has 0 spiro atoms. The SMILES string of the molecule is COc1ccc(OC)c(N(CC(=O)N(Cc2ccc(Cl)cc2)[C@H](Cc2ccccc2)C(=O)NCC(C)C)S(=O)(=O)c2ccc(OC)c(OC)c2)c1. The minimum absolute atomic E-state index is 0.0118. The minimum Gasteiger partial charge on any atom is -0.497 e. The Morgan fingerprint density at radius 2 is 1.41 bits per heavy atom. The highest BCUT2D eigenvalue weighted by molar-refractivity contribution is 7.92. The number of benzene rings is 4. The highest BCUT2D eigenvalue weighted by Gasteiger charge is 2.36. The second-order valence-electron chi connectivity index (χ2n) is 12.1. The average Bonchev–Trinajstić information content (AvgIpc) is 3.14. The molecule has 0 aliphatic carbocycles. The lowest BCUT2D eigenvalue weighted by molar-refractivity contribution is -0.140. The van der Waals surface area contributed by atoms with Gasteiger partial charge in [-0.3, -0.25) is 13.9 Å². The van der Waals surface area contributed by atoms with Crippen LogP contribution in [0.5, 0.6) is 23.0 Å². The summed E-state index contributed by atoms with van der Waals surface area (Å²) in [6.07, 6.45) is 0.176. The number of amides is 2. The number of rotatable bonds is 17. The topological polar surface area (TPSA) is 124 Å². The summed E-state index contributed by atoms with van der Waals surface area (Å²) in [6.45, 7) is 3.62. The van der Waals surface area contributed by atoms with Gasteiger partial charge in [-0.1, -0.05) is 67.9 Å². The third-order valence-corrected chi connectivity index (χ3v) is 10.1. The maximum absolute atomic E-state index is 14.8. The van der Waals surface area contributed by atoms with E-state index in [0.717, 1.165) is 9.87 Å². The van der Waals surface area contributed by atoms with Gasteiger partial charge in [0.15, 0.2) is 11.5 Å². The van der Waals surface area contributed by atoms with Crippen molar-refractivity contribution in [3.63, 3.8) is 0 Å². The third-order valence-electron chi connectivity index (χ3n) is 8.10. The van der Waals surface area contributed by atoms with E-state index in [0.29, 0.717) is 28.6 Å². The molecule has 0 radical (unpaired) electrons. The van der Waals surface area contributed by atoms with Gasteiger partial charge in [-0.25, -0.2) is 8.42 Å². The Morgan fingerprint density at radius 1 is 0.765 bits per heavy atom. The molecule has 272 valence electrons. The normalized spacial score (nSPS) is 11.8. The van der Waals surface area contributed by atoms with Gasteiger partial charge in [-0.2, -0.15) is 0 Å². The molecule has 11 nitrogen and oxygen atoms in total. The maximum atomic E-state index is 14.8. The number of ether oxygens (including phenoxy) is 4. The van der Waals surface area contributed by atoms with Crippen LogP contribution in [0.25, 0.3) is 0 Å².